The summed E-state index contributed by atoms with van der Waals surface area (Å²) in [6.07, 6.45) is 10.3. The zero-order chi connectivity index (χ0) is 19.2. The molecule has 1 unspecified atom stereocenters. The zero-order valence-corrected chi connectivity index (χ0v) is 18.3. The van der Waals surface area contributed by atoms with E-state index >= 15 is 0 Å². The van der Waals surface area contributed by atoms with E-state index in [0.29, 0.717) is 12.2 Å². The number of rotatable bonds is 7. The first-order valence-electron chi connectivity index (χ1n) is 12.3. The second kappa shape index (κ2) is 10.7. The number of likely N-dealkylation sites (tertiary alicyclic amines) is 1. The van der Waals surface area contributed by atoms with Crippen LogP contribution < -0.4 is 5.32 Å². The molecule has 5 heteroatoms. The number of ether oxygens (including phenoxy) is 1. The molecule has 0 spiro atoms. The van der Waals surface area contributed by atoms with Crippen LogP contribution in [0.15, 0.2) is 0 Å². The molecule has 0 bridgehead atoms. The van der Waals surface area contributed by atoms with E-state index in [0.717, 1.165) is 24.9 Å². The van der Waals surface area contributed by atoms with Crippen LogP contribution in [-0.4, -0.2) is 98.9 Å². The second-order valence-electron chi connectivity index (χ2n) is 9.88. The molecule has 5 nitrogen and oxygen atoms in total. The van der Waals surface area contributed by atoms with E-state index in [1.54, 1.807) is 0 Å². The summed E-state index contributed by atoms with van der Waals surface area (Å²) < 4.78 is 6.40. The molecule has 0 amide bonds. The minimum atomic E-state index is 0.528. The predicted octanol–water partition coefficient (Wildman–Crippen LogP) is 2.27. The van der Waals surface area contributed by atoms with Crippen LogP contribution >= 0.6 is 0 Å². The first-order valence-corrected chi connectivity index (χ1v) is 12.3. The van der Waals surface area contributed by atoms with Crippen molar-refractivity contribution in [2.24, 2.45) is 11.8 Å². The number of nitrogens with zero attached hydrogens (tertiary/aromatic N) is 3. The van der Waals surface area contributed by atoms with Gasteiger partial charge in [-0.25, -0.2) is 0 Å². The molecule has 3 heterocycles. The minimum Gasteiger partial charge on any atom is -0.375 e. The Balaban J connectivity index is 1.09. The van der Waals surface area contributed by atoms with Gasteiger partial charge in [0.1, 0.15) is 0 Å². The van der Waals surface area contributed by atoms with E-state index in [1.807, 2.05) is 0 Å². The van der Waals surface area contributed by atoms with Gasteiger partial charge in [0.25, 0.3) is 0 Å². The van der Waals surface area contributed by atoms with Gasteiger partial charge in [0, 0.05) is 45.8 Å². The summed E-state index contributed by atoms with van der Waals surface area (Å²) in [5.74, 6) is 1.83. The smallest absolute Gasteiger partial charge is 0.0603 e. The van der Waals surface area contributed by atoms with E-state index < -0.39 is 0 Å². The number of hydrogen-bond acceptors (Lipinski definition) is 5. The van der Waals surface area contributed by atoms with Gasteiger partial charge in [0.05, 0.1) is 12.2 Å². The SMILES string of the molecule is CCN1CCC(CN2CCN(CC3CCC(OC4CCNCC4)CC3)CC2)C1. The highest BCUT2D eigenvalue weighted by Gasteiger charge is 2.28. The molecule has 0 radical (unpaired) electrons. The van der Waals surface area contributed by atoms with Crippen LogP contribution in [0.25, 0.3) is 0 Å². The van der Waals surface area contributed by atoms with Crippen molar-refractivity contribution in [1.29, 1.82) is 0 Å². The molecule has 28 heavy (non-hydrogen) atoms. The molecule has 162 valence electrons. The fourth-order valence-corrected chi connectivity index (χ4v) is 5.89. The first-order chi connectivity index (χ1) is 13.8. The van der Waals surface area contributed by atoms with Crippen LogP contribution in [0.2, 0.25) is 0 Å². The molecule has 1 aliphatic carbocycles. The molecule has 1 atom stereocenters. The Bertz CT molecular complexity index is 440. The van der Waals surface area contributed by atoms with Gasteiger partial charge in [-0.15, -0.1) is 0 Å². The normalized spacial score (nSPS) is 34.8. The topological polar surface area (TPSA) is 31.0 Å². The van der Waals surface area contributed by atoms with Gasteiger partial charge in [0.2, 0.25) is 0 Å². The lowest BCUT2D eigenvalue weighted by atomic mass is 9.86. The molecule has 3 saturated heterocycles. The third kappa shape index (κ3) is 6.15. The van der Waals surface area contributed by atoms with Crippen LogP contribution in [0, 0.1) is 11.8 Å². The Kier molecular flexibility index (Phi) is 8.06. The molecule has 4 rings (SSSR count). The van der Waals surface area contributed by atoms with E-state index in [2.05, 4.69) is 26.9 Å². The summed E-state index contributed by atoms with van der Waals surface area (Å²) in [6, 6.07) is 0. The van der Waals surface area contributed by atoms with Crippen molar-refractivity contribution in [3.8, 4) is 0 Å². The largest absolute Gasteiger partial charge is 0.375 e. The average molecular weight is 393 g/mol. The molecule has 4 aliphatic rings. The highest BCUT2D eigenvalue weighted by atomic mass is 16.5. The molecule has 0 aromatic heterocycles. The van der Waals surface area contributed by atoms with Crippen LogP contribution in [-0.2, 0) is 4.74 Å². The lowest BCUT2D eigenvalue weighted by Gasteiger charge is -2.39. The summed E-state index contributed by atoms with van der Waals surface area (Å²) in [4.78, 5) is 8.11. The minimum absolute atomic E-state index is 0.528. The summed E-state index contributed by atoms with van der Waals surface area (Å²) in [6.45, 7) is 16.3. The van der Waals surface area contributed by atoms with Crippen molar-refractivity contribution >= 4 is 0 Å². The molecule has 3 aliphatic heterocycles. The van der Waals surface area contributed by atoms with E-state index in [4.69, 9.17) is 4.74 Å². The lowest BCUT2D eigenvalue weighted by Crippen LogP contribution is -2.49. The fourth-order valence-electron chi connectivity index (χ4n) is 5.89. The predicted molar refractivity (Wildman–Crippen MR) is 116 cm³/mol. The van der Waals surface area contributed by atoms with Crippen molar-refractivity contribution in [3.05, 3.63) is 0 Å². The van der Waals surface area contributed by atoms with Gasteiger partial charge in [0.15, 0.2) is 0 Å². The second-order valence-corrected chi connectivity index (χ2v) is 9.88. The molecule has 0 aromatic rings. The van der Waals surface area contributed by atoms with Crippen molar-refractivity contribution in [2.45, 2.75) is 64.1 Å². The van der Waals surface area contributed by atoms with Crippen LogP contribution in [0.5, 0.6) is 0 Å². The lowest BCUT2D eigenvalue weighted by molar-refractivity contribution is -0.0502. The highest BCUT2D eigenvalue weighted by Crippen LogP contribution is 2.29. The molecular formula is C23H44N4O. The third-order valence-electron chi connectivity index (χ3n) is 7.78. The zero-order valence-electron chi connectivity index (χ0n) is 18.3. The first kappa shape index (κ1) is 21.0. The number of piperidine rings is 1. The van der Waals surface area contributed by atoms with Crippen LogP contribution in [0.4, 0.5) is 0 Å². The van der Waals surface area contributed by atoms with Gasteiger partial charge in [-0.3, -0.25) is 0 Å². The maximum absolute atomic E-state index is 6.40. The number of piperazine rings is 1. The van der Waals surface area contributed by atoms with E-state index in [9.17, 15) is 0 Å². The van der Waals surface area contributed by atoms with Crippen LogP contribution in [0.1, 0.15) is 51.9 Å². The Labute approximate surface area is 173 Å². The van der Waals surface area contributed by atoms with Crippen molar-refractivity contribution in [3.63, 3.8) is 0 Å². The summed E-state index contributed by atoms with van der Waals surface area (Å²) in [5.41, 5.74) is 0. The van der Waals surface area contributed by atoms with E-state index in [-0.39, 0.29) is 0 Å². The van der Waals surface area contributed by atoms with Crippen molar-refractivity contribution in [2.75, 3.05) is 72.0 Å². The summed E-state index contributed by atoms with van der Waals surface area (Å²) >= 11 is 0. The maximum Gasteiger partial charge on any atom is 0.0603 e. The Morgan fingerprint density at radius 1 is 0.679 bits per heavy atom. The molecule has 0 aromatic carbocycles. The maximum atomic E-state index is 6.40. The fraction of sp³-hybridized carbons (Fsp3) is 1.00. The van der Waals surface area contributed by atoms with Crippen molar-refractivity contribution < 1.29 is 4.74 Å². The molecule has 1 saturated carbocycles. The van der Waals surface area contributed by atoms with Gasteiger partial charge < -0.3 is 24.8 Å². The highest BCUT2D eigenvalue weighted by molar-refractivity contribution is 4.83. The van der Waals surface area contributed by atoms with Gasteiger partial charge in [-0.05, 0) is 83.0 Å². The van der Waals surface area contributed by atoms with E-state index in [1.165, 1.54) is 104 Å². The monoisotopic (exact) mass is 392 g/mol. The summed E-state index contributed by atoms with van der Waals surface area (Å²) in [7, 11) is 0. The molecule has 4 fully saturated rings. The Morgan fingerprint density at radius 2 is 1.29 bits per heavy atom. The molecule has 1 N–H and O–H groups in total. The van der Waals surface area contributed by atoms with Crippen molar-refractivity contribution in [1.82, 2.24) is 20.0 Å². The van der Waals surface area contributed by atoms with Gasteiger partial charge in [-0.1, -0.05) is 6.92 Å². The molecular weight excluding hydrogens is 348 g/mol. The Hall–Kier alpha value is -0.200. The standard InChI is InChI=1S/C23H44N4O/c1-2-25-12-9-21(18-25)19-27-15-13-26(14-16-27)17-20-3-5-22(6-4-20)28-23-7-10-24-11-8-23/h20-24H,2-19H2,1H3. The van der Waals surface area contributed by atoms with Crippen LogP contribution in [0.3, 0.4) is 0 Å². The average Bonchev–Trinajstić information content (AvgIpc) is 3.19. The number of hydrogen-bond donors (Lipinski definition) is 1. The van der Waals surface area contributed by atoms with Gasteiger partial charge >= 0.3 is 0 Å². The summed E-state index contributed by atoms with van der Waals surface area (Å²) in [5, 5.41) is 3.44. The third-order valence-corrected chi connectivity index (χ3v) is 7.78. The quantitative estimate of drug-likeness (QED) is 0.718. The number of nitrogens with one attached hydrogen (secondary N) is 1. The van der Waals surface area contributed by atoms with Gasteiger partial charge in [-0.2, -0.15) is 0 Å². The Morgan fingerprint density at radius 3 is 1.89 bits per heavy atom.